The molecule has 1 aromatic carbocycles. The third-order valence-electron chi connectivity index (χ3n) is 5.70. The molecule has 5 heteroatoms. The second-order valence-electron chi connectivity index (χ2n) is 6.84. The van der Waals surface area contributed by atoms with Crippen LogP contribution in [0.4, 0.5) is 0 Å². The van der Waals surface area contributed by atoms with Gasteiger partial charge in [-0.1, -0.05) is 24.3 Å². The highest BCUT2D eigenvalue weighted by molar-refractivity contribution is 5.94. The van der Waals surface area contributed by atoms with Gasteiger partial charge in [0.25, 0.3) is 0 Å². The molecule has 3 aliphatic heterocycles. The van der Waals surface area contributed by atoms with E-state index in [1.165, 1.54) is 18.4 Å². The van der Waals surface area contributed by atoms with Gasteiger partial charge in [0.05, 0.1) is 5.92 Å². The van der Waals surface area contributed by atoms with Crippen molar-refractivity contribution < 1.29 is 4.79 Å². The quantitative estimate of drug-likeness (QED) is 0.636. The number of amides is 1. The van der Waals surface area contributed by atoms with Crippen LogP contribution in [-0.2, 0) is 4.79 Å². The first-order chi connectivity index (χ1) is 10.6. The van der Waals surface area contributed by atoms with E-state index in [0.29, 0.717) is 17.9 Å². The van der Waals surface area contributed by atoms with Crippen LogP contribution in [-0.4, -0.2) is 47.7 Å². The zero-order valence-electron chi connectivity index (χ0n) is 12.8. The lowest BCUT2D eigenvalue weighted by Crippen LogP contribution is -2.34. The zero-order valence-corrected chi connectivity index (χ0v) is 12.8. The molecule has 3 aliphatic rings. The van der Waals surface area contributed by atoms with Crippen molar-refractivity contribution >= 4 is 11.7 Å². The number of benzene rings is 1. The Kier molecular flexibility index (Phi) is 3.01. The van der Waals surface area contributed by atoms with Gasteiger partial charge in [-0.2, -0.15) is 0 Å². The van der Waals surface area contributed by atoms with Crippen molar-refractivity contribution in [3.63, 3.8) is 0 Å². The average molecular weight is 298 g/mol. The fourth-order valence-electron chi connectivity index (χ4n) is 4.77. The summed E-state index contributed by atoms with van der Waals surface area (Å²) in [4.78, 5) is 17.1. The standard InChI is InChI=1S/C17H22N4O/c1-20-9-12-13-3-2-8-21(13)15(14(12)17(20)22)10-4-6-11(7-5-10)16(18)19/h4-7,12-15H,2-3,8-9H2,1H3,(H3,18,19)/t12-,13-,14-,15-/m0/s1. The summed E-state index contributed by atoms with van der Waals surface area (Å²) in [6.07, 6.45) is 2.44. The number of nitrogens with one attached hydrogen (secondary N) is 1. The summed E-state index contributed by atoms with van der Waals surface area (Å²) in [6, 6.07) is 8.64. The summed E-state index contributed by atoms with van der Waals surface area (Å²) in [7, 11) is 1.93. The van der Waals surface area contributed by atoms with E-state index in [9.17, 15) is 4.79 Å². The monoisotopic (exact) mass is 298 g/mol. The summed E-state index contributed by atoms with van der Waals surface area (Å²) in [5.41, 5.74) is 7.47. The second kappa shape index (κ2) is 4.81. The third kappa shape index (κ3) is 1.81. The molecule has 5 nitrogen and oxygen atoms in total. The maximum Gasteiger partial charge on any atom is 0.227 e. The zero-order chi connectivity index (χ0) is 15.4. The number of rotatable bonds is 2. The molecule has 0 saturated carbocycles. The van der Waals surface area contributed by atoms with Gasteiger partial charge in [-0.25, -0.2) is 0 Å². The Labute approximate surface area is 130 Å². The molecule has 0 spiro atoms. The first-order valence-electron chi connectivity index (χ1n) is 8.03. The molecule has 1 amide bonds. The lowest BCUT2D eigenvalue weighted by atomic mass is 9.85. The molecule has 3 heterocycles. The van der Waals surface area contributed by atoms with Crippen LogP contribution >= 0.6 is 0 Å². The molecule has 4 atom stereocenters. The van der Waals surface area contributed by atoms with E-state index in [4.69, 9.17) is 11.1 Å². The molecule has 3 saturated heterocycles. The fourth-order valence-corrected chi connectivity index (χ4v) is 4.77. The number of amidine groups is 1. The molecule has 1 aromatic rings. The van der Waals surface area contributed by atoms with Crippen LogP contribution in [0.5, 0.6) is 0 Å². The van der Waals surface area contributed by atoms with Gasteiger partial charge in [-0.05, 0) is 24.9 Å². The smallest absolute Gasteiger partial charge is 0.227 e. The Morgan fingerprint density at radius 3 is 2.73 bits per heavy atom. The van der Waals surface area contributed by atoms with Crippen LogP contribution < -0.4 is 5.73 Å². The van der Waals surface area contributed by atoms with Gasteiger partial charge in [-0.3, -0.25) is 15.1 Å². The Morgan fingerprint density at radius 2 is 2.05 bits per heavy atom. The van der Waals surface area contributed by atoms with Gasteiger partial charge in [0.2, 0.25) is 5.91 Å². The molecule has 22 heavy (non-hydrogen) atoms. The Hall–Kier alpha value is -1.88. The fraction of sp³-hybridized carbons (Fsp3) is 0.529. The van der Waals surface area contributed by atoms with E-state index in [1.807, 2.05) is 36.2 Å². The lowest BCUT2D eigenvalue weighted by molar-refractivity contribution is -0.131. The van der Waals surface area contributed by atoms with Crippen LogP contribution in [0.25, 0.3) is 0 Å². The molecule has 3 N–H and O–H groups in total. The first kappa shape index (κ1) is 13.8. The second-order valence-corrected chi connectivity index (χ2v) is 6.84. The lowest BCUT2D eigenvalue weighted by Gasteiger charge is -2.28. The topological polar surface area (TPSA) is 73.4 Å². The highest BCUT2D eigenvalue weighted by atomic mass is 16.2. The van der Waals surface area contributed by atoms with Crippen molar-refractivity contribution in [3.05, 3.63) is 35.4 Å². The number of hydrogen-bond donors (Lipinski definition) is 2. The predicted octanol–water partition coefficient (Wildman–Crippen LogP) is 1.19. The first-order valence-corrected chi connectivity index (χ1v) is 8.03. The summed E-state index contributed by atoms with van der Waals surface area (Å²) in [5.74, 6) is 0.947. The van der Waals surface area contributed by atoms with Gasteiger partial charge >= 0.3 is 0 Å². The van der Waals surface area contributed by atoms with Crippen LogP contribution in [0.15, 0.2) is 24.3 Å². The van der Waals surface area contributed by atoms with E-state index in [0.717, 1.165) is 18.7 Å². The molecule has 0 bridgehead atoms. The van der Waals surface area contributed by atoms with Gasteiger partial charge in [-0.15, -0.1) is 0 Å². The number of nitrogens with two attached hydrogens (primary N) is 1. The van der Waals surface area contributed by atoms with Gasteiger partial charge in [0.15, 0.2) is 0 Å². The van der Waals surface area contributed by atoms with E-state index in [-0.39, 0.29) is 17.8 Å². The van der Waals surface area contributed by atoms with Crippen LogP contribution in [0.1, 0.15) is 30.0 Å². The highest BCUT2D eigenvalue weighted by Crippen LogP contribution is 2.52. The van der Waals surface area contributed by atoms with Gasteiger partial charge < -0.3 is 10.6 Å². The van der Waals surface area contributed by atoms with Crippen molar-refractivity contribution in [2.75, 3.05) is 20.1 Å². The Balaban J connectivity index is 1.72. The number of hydrogen-bond acceptors (Lipinski definition) is 3. The van der Waals surface area contributed by atoms with Gasteiger partial charge in [0.1, 0.15) is 5.84 Å². The molecule has 116 valence electrons. The van der Waals surface area contributed by atoms with Crippen LogP contribution in [0, 0.1) is 17.2 Å². The largest absolute Gasteiger partial charge is 0.384 e. The minimum absolute atomic E-state index is 0.0894. The number of nitrogens with zero attached hydrogens (tertiary/aromatic N) is 2. The van der Waals surface area contributed by atoms with Crippen molar-refractivity contribution in [1.82, 2.24) is 9.80 Å². The number of nitrogen functional groups attached to an aromatic ring is 1. The number of likely N-dealkylation sites (tertiary alicyclic amines) is 1. The van der Waals surface area contributed by atoms with Crippen LogP contribution in [0.2, 0.25) is 0 Å². The molecule has 3 fully saturated rings. The molecule has 0 aromatic heterocycles. The third-order valence-corrected chi connectivity index (χ3v) is 5.70. The summed E-state index contributed by atoms with van der Waals surface area (Å²) >= 11 is 0. The number of carbonyl (C=O) groups excluding carboxylic acids is 1. The normalized spacial score (nSPS) is 34.0. The number of fused-ring (bicyclic) bond motifs is 3. The Morgan fingerprint density at radius 1 is 1.32 bits per heavy atom. The SMILES string of the molecule is CN1C[C@@H]2[C@H](C1=O)[C@H](c1ccc(C(=N)N)cc1)N1CCC[C@@H]21. The molecular formula is C17H22N4O. The van der Waals surface area contributed by atoms with Crippen molar-refractivity contribution in [2.24, 2.45) is 17.6 Å². The highest BCUT2D eigenvalue weighted by Gasteiger charge is 2.57. The Bertz CT molecular complexity index is 626. The maximum absolute atomic E-state index is 12.6. The van der Waals surface area contributed by atoms with E-state index < -0.39 is 0 Å². The van der Waals surface area contributed by atoms with E-state index in [2.05, 4.69) is 4.90 Å². The summed E-state index contributed by atoms with van der Waals surface area (Å²) < 4.78 is 0. The maximum atomic E-state index is 12.6. The van der Waals surface area contributed by atoms with E-state index >= 15 is 0 Å². The van der Waals surface area contributed by atoms with Gasteiger partial charge in [0, 0.05) is 37.2 Å². The van der Waals surface area contributed by atoms with Crippen molar-refractivity contribution in [2.45, 2.75) is 24.9 Å². The summed E-state index contributed by atoms with van der Waals surface area (Å²) in [5, 5.41) is 7.52. The van der Waals surface area contributed by atoms with Crippen molar-refractivity contribution in [1.29, 1.82) is 5.41 Å². The molecule has 4 rings (SSSR count). The predicted molar refractivity (Wildman–Crippen MR) is 84.5 cm³/mol. The number of carbonyl (C=O) groups is 1. The molecule has 0 unspecified atom stereocenters. The summed E-state index contributed by atoms with van der Waals surface area (Å²) in [6.45, 7) is 1.99. The molecule has 0 radical (unpaired) electrons. The van der Waals surface area contributed by atoms with Crippen molar-refractivity contribution in [3.8, 4) is 0 Å². The molecular weight excluding hydrogens is 276 g/mol. The van der Waals surface area contributed by atoms with E-state index in [1.54, 1.807) is 0 Å². The minimum atomic E-state index is 0.0894. The van der Waals surface area contributed by atoms with Crippen LogP contribution in [0.3, 0.4) is 0 Å². The molecule has 0 aliphatic carbocycles. The minimum Gasteiger partial charge on any atom is -0.384 e. The average Bonchev–Trinajstić information content (AvgIpc) is 3.14.